The zero-order valence-corrected chi connectivity index (χ0v) is 15.3. The molecule has 0 bridgehead atoms. The number of hydrogen-bond acceptors (Lipinski definition) is 1. The van der Waals surface area contributed by atoms with Crippen molar-refractivity contribution in [2.24, 2.45) is 0 Å². The standard InChI is InChI=1S/C18H15I.HO3P/c1-4-10-16(11-5-1)19(17-12-6-2-7-13-17)18-14-8-3-9-15-18;1-4(2)3/h1-15H;(H-,1,2,3)/p+1. The minimum absolute atomic E-state index is 1.49. The van der Waals surface area contributed by atoms with E-state index in [2.05, 4.69) is 91.0 Å². The molecule has 118 valence electrons. The molecule has 0 amide bonds. The van der Waals surface area contributed by atoms with Crippen molar-refractivity contribution in [1.82, 2.24) is 0 Å². The molecule has 5 heteroatoms. The van der Waals surface area contributed by atoms with Gasteiger partial charge in [-0.15, -0.1) is 9.79 Å². The second-order valence-corrected chi connectivity index (χ2v) is 10.3. The normalized spacial score (nSPS) is 10.3. The molecule has 0 aromatic heterocycles. The predicted molar refractivity (Wildman–Crippen MR) is 101 cm³/mol. The number of rotatable bonds is 3. The van der Waals surface area contributed by atoms with E-state index in [-0.39, 0.29) is 0 Å². The van der Waals surface area contributed by atoms with E-state index in [1.165, 1.54) is 10.7 Å². The van der Waals surface area contributed by atoms with Crippen LogP contribution in [0.2, 0.25) is 0 Å². The topological polar surface area (TPSA) is 57.5 Å². The molecule has 0 heterocycles. The molecule has 0 unspecified atom stereocenters. The summed E-state index contributed by atoms with van der Waals surface area (Å²) in [6, 6.07) is 32.8. The Kier molecular flexibility index (Phi) is 7.36. The summed E-state index contributed by atoms with van der Waals surface area (Å²) in [6.07, 6.45) is 0. The van der Waals surface area contributed by atoms with E-state index in [9.17, 15) is 0 Å². The Bertz CT molecular complexity index is 623. The van der Waals surface area contributed by atoms with Gasteiger partial charge in [-0.2, -0.15) is 0 Å². The molecule has 0 fully saturated rings. The van der Waals surface area contributed by atoms with Gasteiger partial charge >= 0.3 is 130 Å². The SMILES string of the molecule is O=[P+](O)O.c1ccc(I(c2ccccc2)c2ccccc2)cc1. The van der Waals surface area contributed by atoms with Crippen molar-refractivity contribution in [2.45, 2.75) is 0 Å². The van der Waals surface area contributed by atoms with Crippen LogP contribution in [0.3, 0.4) is 0 Å². The molecule has 0 atom stereocenters. The van der Waals surface area contributed by atoms with Crippen molar-refractivity contribution in [3.63, 3.8) is 0 Å². The molecule has 3 rings (SSSR count). The van der Waals surface area contributed by atoms with Gasteiger partial charge in [0.2, 0.25) is 0 Å². The van der Waals surface area contributed by atoms with E-state index < -0.39 is 28.1 Å². The molecule has 0 aliphatic heterocycles. The Morgan fingerprint density at radius 3 is 1.00 bits per heavy atom. The molecule has 3 aromatic carbocycles. The van der Waals surface area contributed by atoms with Gasteiger partial charge in [0.15, 0.2) is 0 Å². The summed E-state index contributed by atoms with van der Waals surface area (Å²) in [7, 11) is -2.87. The van der Waals surface area contributed by atoms with Crippen molar-refractivity contribution in [1.29, 1.82) is 0 Å². The van der Waals surface area contributed by atoms with Crippen LogP contribution < -0.4 is 0 Å². The molecule has 0 radical (unpaired) electrons. The number of benzene rings is 3. The zero-order valence-electron chi connectivity index (χ0n) is 12.3. The Labute approximate surface area is 144 Å². The molecular weight excluding hydrogens is 422 g/mol. The van der Waals surface area contributed by atoms with Crippen molar-refractivity contribution in [3.8, 4) is 0 Å². The van der Waals surface area contributed by atoms with Gasteiger partial charge in [-0.25, -0.2) is 0 Å². The van der Waals surface area contributed by atoms with Crippen molar-refractivity contribution in [2.75, 3.05) is 0 Å². The molecule has 0 saturated heterocycles. The summed E-state index contributed by atoms with van der Waals surface area (Å²) in [5.74, 6) is 0. The summed E-state index contributed by atoms with van der Waals surface area (Å²) >= 11 is -1.52. The van der Waals surface area contributed by atoms with Crippen LogP contribution in [0, 0.1) is 10.7 Å². The van der Waals surface area contributed by atoms with Crippen LogP contribution in [0.25, 0.3) is 0 Å². The van der Waals surface area contributed by atoms with Crippen LogP contribution in [-0.2, 0) is 4.57 Å². The van der Waals surface area contributed by atoms with Gasteiger partial charge in [0, 0.05) is 4.57 Å². The minimum atomic E-state index is -2.87. The van der Waals surface area contributed by atoms with E-state index in [1.54, 1.807) is 0 Å². The average Bonchev–Trinajstić information content (AvgIpc) is 2.58. The first-order valence-corrected chi connectivity index (χ1v) is 11.3. The van der Waals surface area contributed by atoms with Gasteiger partial charge in [-0.05, 0) is 0 Å². The number of hydrogen-bond donors (Lipinski definition) is 2. The Morgan fingerprint density at radius 1 is 0.565 bits per heavy atom. The first-order chi connectivity index (χ1) is 11.2. The average molecular weight is 439 g/mol. The van der Waals surface area contributed by atoms with E-state index >= 15 is 0 Å². The molecule has 3 aromatic rings. The first-order valence-electron chi connectivity index (χ1n) is 6.88. The molecular formula is C18H17IO3P+. The fourth-order valence-corrected chi connectivity index (χ4v) is 7.56. The van der Waals surface area contributed by atoms with Crippen LogP contribution >= 0.6 is 28.1 Å². The third-order valence-corrected chi connectivity index (χ3v) is 8.75. The summed E-state index contributed by atoms with van der Waals surface area (Å²) in [6.45, 7) is 0. The summed E-state index contributed by atoms with van der Waals surface area (Å²) < 4.78 is 13.2. The monoisotopic (exact) mass is 439 g/mol. The second-order valence-electron chi connectivity index (χ2n) is 4.42. The predicted octanol–water partition coefficient (Wildman–Crippen LogP) is 4.73. The van der Waals surface area contributed by atoms with Crippen molar-refractivity contribution >= 4 is 28.1 Å². The maximum atomic E-state index is 8.70. The third-order valence-electron chi connectivity index (χ3n) is 2.85. The summed E-state index contributed by atoms with van der Waals surface area (Å²) in [4.78, 5) is 14.2. The van der Waals surface area contributed by atoms with Crippen LogP contribution in [0.1, 0.15) is 0 Å². The first kappa shape index (κ1) is 17.8. The number of halogens is 1. The molecule has 0 spiro atoms. The van der Waals surface area contributed by atoms with Gasteiger partial charge in [0.25, 0.3) is 0 Å². The third kappa shape index (κ3) is 5.84. The fraction of sp³-hybridized carbons (Fsp3) is 0. The van der Waals surface area contributed by atoms with E-state index in [1.807, 2.05) is 0 Å². The van der Waals surface area contributed by atoms with Crippen molar-refractivity contribution in [3.05, 3.63) is 102 Å². The van der Waals surface area contributed by atoms with E-state index in [0.717, 1.165) is 0 Å². The fourth-order valence-electron chi connectivity index (χ4n) is 2.00. The van der Waals surface area contributed by atoms with Crippen LogP contribution in [0.4, 0.5) is 0 Å². The molecule has 0 aliphatic rings. The Balaban J connectivity index is 0.000000433. The van der Waals surface area contributed by atoms with Gasteiger partial charge in [-0.3, -0.25) is 0 Å². The summed E-state index contributed by atoms with van der Waals surface area (Å²) in [5, 5.41) is 0. The second kappa shape index (κ2) is 9.53. The van der Waals surface area contributed by atoms with Gasteiger partial charge < -0.3 is 0 Å². The molecule has 3 nitrogen and oxygen atoms in total. The zero-order chi connectivity index (χ0) is 16.5. The van der Waals surface area contributed by atoms with Crippen LogP contribution in [-0.4, -0.2) is 9.79 Å². The van der Waals surface area contributed by atoms with Crippen molar-refractivity contribution < 1.29 is 14.4 Å². The molecule has 0 saturated carbocycles. The van der Waals surface area contributed by atoms with Crippen LogP contribution in [0.15, 0.2) is 91.0 Å². The Hall–Kier alpha value is -1.59. The van der Waals surface area contributed by atoms with E-state index in [0.29, 0.717) is 0 Å². The molecule has 0 aliphatic carbocycles. The van der Waals surface area contributed by atoms with Gasteiger partial charge in [-0.1, -0.05) is 0 Å². The molecule has 2 N–H and O–H groups in total. The quantitative estimate of drug-likeness (QED) is 0.459. The maximum absolute atomic E-state index is 8.70. The Morgan fingerprint density at radius 2 is 0.783 bits per heavy atom. The van der Waals surface area contributed by atoms with Gasteiger partial charge in [0.1, 0.15) is 0 Å². The molecule has 23 heavy (non-hydrogen) atoms. The van der Waals surface area contributed by atoms with E-state index in [4.69, 9.17) is 14.4 Å². The van der Waals surface area contributed by atoms with Crippen LogP contribution in [0.5, 0.6) is 0 Å². The van der Waals surface area contributed by atoms with Gasteiger partial charge in [0.05, 0.1) is 0 Å². The summed E-state index contributed by atoms with van der Waals surface area (Å²) in [5.41, 5.74) is 0.